The molecule has 17 atom stereocenters. The number of hydrogen-bond acceptors (Lipinski definition) is 18. The second-order valence-corrected chi connectivity index (χ2v) is 45.9. The lowest BCUT2D eigenvalue weighted by Gasteiger charge is -2.58. The van der Waals surface area contributed by atoms with Crippen LogP contribution in [0.15, 0.2) is 212 Å². The Hall–Kier alpha value is -9.95. The Kier molecular flexibility index (Phi) is 50.3. The fraction of sp³-hybridized carbons (Fsp3) is 0.574. The van der Waals surface area contributed by atoms with Gasteiger partial charge in [-0.3, -0.25) is 14.4 Å². The number of aromatic hydroxyl groups is 4. The van der Waals surface area contributed by atoms with Crippen molar-refractivity contribution >= 4 is 28.7 Å². The minimum atomic E-state index is -0.490. The summed E-state index contributed by atoms with van der Waals surface area (Å²) in [5.74, 6) is 10.1. The largest absolute Gasteiger partial charge is 0.508 e. The van der Waals surface area contributed by atoms with E-state index < -0.39 is 17.8 Å². The zero-order valence-corrected chi connectivity index (χ0v) is 95.5. The maximum atomic E-state index is 11.8. The average molecular weight is 2030 g/mol. The van der Waals surface area contributed by atoms with Gasteiger partial charge in [0.2, 0.25) is 25.2 Å². The molecule has 3 heterocycles. The van der Waals surface area contributed by atoms with Crippen molar-refractivity contribution in [2.75, 3.05) is 20.8 Å². The number of esters is 3. The predicted octanol–water partition coefficient (Wildman–Crippen LogP) is 33.3. The highest BCUT2D eigenvalue weighted by molar-refractivity contribution is 5.85. The number of carbonyl (C=O) groups excluding carboxylic acids is 3. The van der Waals surface area contributed by atoms with Gasteiger partial charge >= 0.3 is 17.9 Å². The lowest BCUT2D eigenvalue weighted by atomic mass is 9.49. The molecule has 9 aromatic carbocycles. The quantitative estimate of drug-likeness (QED) is 0.0167. The van der Waals surface area contributed by atoms with Crippen molar-refractivity contribution < 1.29 is 86.9 Å². The van der Waals surface area contributed by atoms with Crippen molar-refractivity contribution in [3.63, 3.8) is 0 Å². The zero-order chi connectivity index (χ0) is 109. The monoisotopic (exact) mass is 2030 g/mol. The van der Waals surface area contributed by atoms with Gasteiger partial charge in [0.15, 0.2) is 12.2 Å². The first kappa shape index (κ1) is 124. The first-order chi connectivity index (χ1) is 69.6. The van der Waals surface area contributed by atoms with E-state index in [9.17, 15) is 14.4 Å². The summed E-state index contributed by atoms with van der Waals surface area (Å²) in [5.41, 5.74) is 9.92. The predicted molar refractivity (Wildman–Crippen MR) is 599 cm³/mol. The number of ether oxygens (including phenoxy) is 11. The molecule has 0 spiro atoms. The SMILES string of the molecule is CCC(C)(C)C(=O)OC(OC)C(C)(C)C.CCC(C)C(=O)OC1C2CC3C(=O)OC1C3O2.CCC(C)c1ccc(O)cc1.CCC(C)c1ccc(O)cc1.CCC(C)c1ccc(O)cc1.CCC(C)c1ccc(O)cc1.CCC(C)c1ccc(OC(OC)C23CC4CC(CC(C4)C2)C3)cc1.CCC(C)c1ccc(OC(OCc2cccc3ccccc23)C(C)(C)C)cc1.CCOC(Oc1ccc(C(C)CC)cc1)C(C)(C)C. The van der Waals surface area contributed by atoms with Gasteiger partial charge < -0.3 is 72.5 Å². The molecule has 812 valence electrons. The molecular formula is C129H188O18. The highest BCUT2D eigenvalue weighted by atomic mass is 16.7. The normalized spacial score (nSPS) is 21.0. The van der Waals surface area contributed by atoms with Crippen LogP contribution in [0, 0.1) is 56.7 Å². The van der Waals surface area contributed by atoms with E-state index in [0.717, 1.165) is 86.4 Å². The number of methoxy groups -OCH3 is 2. The van der Waals surface area contributed by atoms with Crippen molar-refractivity contribution in [2.45, 2.75) is 401 Å². The van der Waals surface area contributed by atoms with Gasteiger partial charge in [-0.05, 0) is 323 Å². The molecule has 7 aliphatic rings. The van der Waals surface area contributed by atoms with Gasteiger partial charge in [-0.2, -0.15) is 0 Å². The molecule has 18 nitrogen and oxygen atoms in total. The summed E-state index contributed by atoms with van der Waals surface area (Å²) >= 11 is 0. The Labute approximate surface area is 886 Å². The minimum Gasteiger partial charge on any atom is -0.508 e. The van der Waals surface area contributed by atoms with E-state index in [1.807, 2.05) is 130 Å². The summed E-state index contributed by atoms with van der Waals surface area (Å²) in [6.07, 6.45) is 16.2. The number of fused-ring (bicyclic) bond motifs is 2. The summed E-state index contributed by atoms with van der Waals surface area (Å²) < 4.78 is 63.3. The molecule has 16 rings (SSSR count). The van der Waals surface area contributed by atoms with Gasteiger partial charge in [-0.15, -0.1) is 0 Å². The molecule has 4 saturated carbocycles. The third-order valence-corrected chi connectivity index (χ3v) is 30.6. The molecule has 7 fully saturated rings. The third kappa shape index (κ3) is 38.2. The van der Waals surface area contributed by atoms with Gasteiger partial charge in [0.25, 0.3) is 0 Å². The second kappa shape index (κ2) is 59.6. The Morgan fingerprint density at radius 3 is 1.04 bits per heavy atom. The van der Waals surface area contributed by atoms with E-state index in [0.29, 0.717) is 84.1 Å². The van der Waals surface area contributed by atoms with Crippen LogP contribution in [-0.4, -0.2) is 109 Å². The molecule has 0 amide bonds. The number of benzene rings is 9. The van der Waals surface area contributed by atoms with E-state index in [-0.39, 0.29) is 88.6 Å². The highest BCUT2D eigenvalue weighted by Crippen LogP contribution is 2.62. The van der Waals surface area contributed by atoms with Crippen molar-refractivity contribution in [3.05, 3.63) is 257 Å². The number of rotatable bonds is 34. The average Bonchev–Trinajstić information content (AvgIpc) is 1.59. The summed E-state index contributed by atoms with van der Waals surface area (Å²) in [7, 11) is 3.39. The van der Waals surface area contributed by atoms with Crippen molar-refractivity contribution in [1.82, 2.24) is 0 Å². The Bertz CT molecular complexity index is 5000. The smallest absolute Gasteiger partial charge is 0.313 e. The van der Waals surface area contributed by atoms with E-state index in [1.165, 1.54) is 100 Å². The molecular weight excluding hydrogens is 1840 g/mol. The van der Waals surface area contributed by atoms with Gasteiger partial charge in [-0.1, -0.05) is 307 Å². The number of carbonyl (C=O) groups is 3. The highest BCUT2D eigenvalue weighted by Gasteiger charge is 2.65. The standard InChI is InChI=1S/C26H32O2.C22H32O2.C17H28O2.C12H16O5.C12H24O3.4C10H14O/c1-6-19(2)20-14-16-23(17-15-20)28-25(26(3,4)5)27-18-22-12-9-11-21-10-7-8-13-24(21)22;1-4-15(2)19-5-7-20(8-6-19)24-21(23-3)22-12-16-9-17(13-22)11-18(10-16)14-22;1-7-13(3)14-9-11-15(12-10-14)19-16(18-8-2)17(4,5)6;1-3-5(2)11(13)16-9-7-4-6-8(15-7)10(9)17-12(6)14;1-8-12(5,6)9(13)15-10(14-7)11(2,3)4;4*1-3-8(2)9-4-6-10(11)7-5-9/h7-17,19,25H,6,18H2,1-5H3;5-8,15-18,21H,4,9-14H2,1-3H3;9-13,16H,7-8H2,1-6H3;5-10H,3-4H2,1-2H3;10H,8H2,1-7H3;4*4-8,11H,3H2,1-2H3. The molecule has 3 aliphatic heterocycles. The number of phenols is 4. The molecule has 4 aliphatic carbocycles. The van der Waals surface area contributed by atoms with Crippen LogP contribution in [0.2, 0.25) is 0 Å². The van der Waals surface area contributed by atoms with Crippen molar-refractivity contribution in [2.24, 2.45) is 56.7 Å². The molecule has 4 N–H and O–H groups in total. The Balaban J connectivity index is 0.000000229. The minimum absolute atomic E-state index is 0.0363. The van der Waals surface area contributed by atoms with Crippen molar-refractivity contribution in [3.8, 4) is 40.2 Å². The summed E-state index contributed by atoms with van der Waals surface area (Å²) in [4.78, 5) is 35.0. The topological polar surface area (TPSA) is 234 Å². The van der Waals surface area contributed by atoms with Crippen LogP contribution in [0.25, 0.3) is 10.8 Å². The van der Waals surface area contributed by atoms with E-state index in [4.69, 9.17) is 72.5 Å². The lowest BCUT2D eigenvalue weighted by molar-refractivity contribution is -0.204. The fourth-order valence-electron chi connectivity index (χ4n) is 19.2. The van der Waals surface area contributed by atoms with E-state index >= 15 is 0 Å². The Morgan fingerprint density at radius 2 is 0.721 bits per heavy atom. The third-order valence-electron chi connectivity index (χ3n) is 30.6. The van der Waals surface area contributed by atoms with Crippen LogP contribution in [0.4, 0.5) is 0 Å². The Morgan fingerprint density at radius 1 is 0.388 bits per heavy atom. The molecule has 17 unspecified atom stereocenters. The van der Waals surface area contributed by atoms with Crippen molar-refractivity contribution in [1.29, 1.82) is 0 Å². The number of phenolic OH excluding ortho intramolecular Hbond substituents is 4. The molecule has 0 radical (unpaired) electrons. The van der Waals surface area contributed by atoms with Crippen LogP contribution in [-0.2, 0) is 58.9 Å². The zero-order valence-electron chi connectivity index (χ0n) is 95.5. The van der Waals surface area contributed by atoms with Crippen LogP contribution in [0.3, 0.4) is 0 Å². The summed E-state index contributed by atoms with van der Waals surface area (Å²) in [6.45, 7) is 62.3. The van der Waals surface area contributed by atoms with Crippen LogP contribution >= 0.6 is 0 Å². The molecule has 6 bridgehead atoms. The van der Waals surface area contributed by atoms with Crippen LogP contribution in [0.5, 0.6) is 40.2 Å². The van der Waals surface area contributed by atoms with Gasteiger partial charge in [0.1, 0.15) is 46.4 Å². The maximum Gasteiger partial charge on any atom is 0.313 e. The van der Waals surface area contributed by atoms with Gasteiger partial charge in [0, 0.05) is 42.5 Å². The molecule has 147 heavy (non-hydrogen) atoms. The molecule has 18 heteroatoms. The summed E-state index contributed by atoms with van der Waals surface area (Å²) in [6, 6.07) is 70.0. The maximum absolute atomic E-state index is 11.8. The van der Waals surface area contributed by atoms with Crippen LogP contribution in [0.1, 0.15) is 389 Å². The van der Waals surface area contributed by atoms with Gasteiger partial charge in [0.05, 0.1) is 30.0 Å². The first-order valence-corrected chi connectivity index (χ1v) is 55.1. The molecule has 3 saturated heterocycles. The number of hydrogen-bond donors (Lipinski definition) is 4. The summed E-state index contributed by atoms with van der Waals surface area (Å²) in [5, 5.41) is 38.5. The lowest BCUT2D eigenvalue weighted by Crippen LogP contribution is -2.53. The van der Waals surface area contributed by atoms with E-state index in [2.05, 4.69) is 242 Å². The van der Waals surface area contributed by atoms with E-state index in [1.54, 1.807) is 55.6 Å². The fourth-order valence-corrected chi connectivity index (χ4v) is 19.2. The second-order valence-electron chi connectivity index (χ2n) is 45.9. The molecule has 0 aromatic heterocycles. The first-order valence-electron chi connectivity index (χ1n) is 55.1. The van der Waals surface area contributed by atoms with Gasteiger partial charge in [-0.25, -0.2) is 0 Å². The van der Waals surface area contributed by atoms with Crippen LogP contribution < -0.4 is 14.2 Å². The molecule has 9 aromatic rings.